The van der Waals surface area contributed by atoms with Gasteiger partial charge in [-0.2, -0.15) is 0 Å². The number of esters is 1. The molecule has 4 rings (SSSR count). The SMILES string of the molecule is COCCCCOC(=O)c1cc2cc(NC(=O)[C@H]3NCC[C@H]3C3CCCCC3)ccc2o1.Cl. The van der Waals surface area contributed by atoms with Crippen molar-refractivity contribution in [2.45, 2.75) is 57.4 Å². The van der Waals surface area contributed by atoms with Gasteiger partial charge < -0.3 is 24.5 Å². The number of halogens is 1. The number of benzene rings is 1. The molecule has 182 valence electrons. The number of unbranched alkanes of at least 4 members (excludes halogenated alkanes) is 1. The van der Waals surface area contributed by atoms with E-state index in [1.54, 1.807) is 19.2 Å². The molecule has 2 heterocycles. The maximum atomic E-state index is 13.0. The Labute approximate surface area is 201 Å². The van der Waals surface area contributed by atoms with Crippen molar-refractivity contribution in [1.29, 1.82) is 0 Å². The lowest BCUT2D eigenvalue weighted by Gasteiger charge is -2.30. The second kappa shape index (κ2) is 12.4. The Morgan fingerprint density at radius 1 is 1.09 bits per heavy atom. The first-order chi connectivity index (χ1) is 15.7. The molecule has 0 unspecified atom stereocenters. The number of hydrogen-bond donors (Lipinski definition) is 2. The Hall–Kier alpha value is -2.09. The van der Waals surface area contributed by atoms with Gasteiger partial charge >= 0.3 is 5.97 Å². The quantitative estimate of drug-likeness (QED) is 0.392. The third-order valence-electron chi connectivity index (χ3n) is 6.77. The van der Waals surface area contributed by atoms with Gasteiger partial charge in [-0.25, -0.2) is 4.79 Å². The lowest BCUT2D eigenvalue weighted by Crippen LogP contribution is -2.42. The van der Waals surface area contributed by atoms with E-state index in [-0.39, 0.29) is 30.1 Å². The van der Waals surface area contributed by atoms with Crippen molar-refractivity contribution in [1.82, 2.24) is 5.32 Å². The highest BCUT2D eigenvalue weighted by molar-refractivity contribution is 5.98. The minimum absolute atomic E-state index is 0. The molecule has 1 aromatic carbocycles. The molecular formula is C25H35ClN2O5. The maximum Gasteiger partial charge on any atom is 0.374 e. The van der Waals surface area contributed by atoms with Crippen LogP contribution in [0, 0.1) is 11.8 Å². The Kier molecular flexibility index (Phi) is 9.59. The van der Waals surface area contributed by atoms with Gasteiger partial charge in [-0.15, -0.1) is 12.4 Å². The van der Waals surface area contributed by atoms with Gasteiger partial charge in [0.05, 0.1) is 12.6 Å². The van der Waals surface area contributed by atoms with E-state index >= 15 is 0 Å². The molecule has 1 aliphatic heterocycles. The fourth-order valence-electron chi connectivity index (χ4n) is 5.11. The van der Waals surface area contributed by atoms with Crippen molar-refractivity contribution in [3.8, 4) is 0 Å². The lowest BCUT2D eigenvalue weighted by molar-refractivity contribution is -0.119. The molecule has 33 heavy (non-hydrogen) atoms. The van der Waals surface area contributed by atoms with Crippen LogP contribution in [0.2, 0.25) is 0 Å². The zero-order valence-corrected chi connectivity index (χ0v) is 20.1. The Bertz CT molecular complexity index is 925. The summed E-state index contributed by atoms with van der Waals surface area (Å²) in [6.45, 7) is 1.88. The molecule has 8 heteroatoms. The van der Waals surface area contributed by atoms with Crippen LogP contribution in [0.4, 0.5) is 5.69 Å². The highest BCUT2D eigenvalue weighted by Gasteiger charge is 2.38. The molecule has 0 spiro atoms. The molecule has 0 bridgehead atoms. The number of ether oxygens (including phenoxy) is 2. The summed E-state index contributed by atoms with van der Waals surface area (Å²) in [6, 6.07) is 6.97. The van der Waals surface area contributed by atoms with Gasteiger partial charge in [0.15, 0.2) is 0 Å². The minimum atomic E-state index is -0.477. The van der Waals surface area contributed by atoms with Crippen molar-refractivity contribution < 1.29 is 23.5 Å². The molecule has 2 aliphatic rings. The van der Waals surface area contributed by atoms with E-state index in [0.29, 0.717) is 36.3 Å². The number of carbonyl (C=O) groups is 2. The van der Waals surface area contributed by atoms with Crippen LogP contribution in [-0.4, -0.2) is 44.8 Å². The van der Waals surface area contributed by atoms with E-state index in [4.69, 9.17) is 13.9 Å². The number of methoxy groups -OCH3 is 1. The van der Waals surface area contributed by atoms with E-state index in [1.165, 1.54) is 32.1 Å². The fraction of sp³-hybridized carbons (Fsp3) is 0.600. The predicted octanol–water partition coefficient (Wildman–Crippen LogP) is 4.93. The van der Waals surface area contributed by atoms with Gasteiger partial charge in [0.1, 0.15) is 5.58 Å². The summed E-state index contributed by atoms with van der Waals surface area (Å²) in [4.78, 5) is 25.3. The summed E-state index contributed by atoms with van der Waals surface area (Å²) in [5, 5.41) is 7.24. The van der Waals surface area contributed by atoms with Crippen LogP contribution >= 0.6 is 12.4 Å². The number of furan rings is 1. The van der Waals surface area contributed by atoms with E-state index in [0.717, 1.165) is 31.2 Å². The largest absolute Gasteiger partial charge is 0.460 e. The number of fused-ring (bicyclic) bond motifs is 1. The zero-order valence-electron chi connectivity index (χ0n) is 19.3. The second-order valence-electron chi connectivity index (χ2n) is 8.97. The summed E-state index contributed by atoms with van der Waals surface area (Å²) < 4.78 is 15.9. The Morgan fingerprint density at radius 3 is 2.67 bits per heavy atom. The molecule has 1 saturated carbocycles. The third-order valence-corrected chi connectivity index (χ3v) is 6.77. The van der Waals surface area contributed by atoms with Crippen molar-refractivity contribution in [2.75, 3.05) is 32.2 Å². The van der Waals surface area contributed by atoms with E-state index in [1.807, 2.05) is 12.1 Å². The molecule has 1 amide bonds. The first-order valence-electron chi connectivity index (χ1n) is 11.9. The fourth-order valence-corrected chi connectivity index (χ4v) is 5.11. The van der Waals surface area contributed by atoms with Crippen LogP contribution in [0.25, 0.3) is 11.0 Å². The first-order valence-corrected chi connectivity index (χ1v) is 11.9. The van der Waals surface area contributed by atoms with Crippen molar-refractivity contribution in [3.63, 3.8) is 0 Å². The van der Waals surface area contributed by atoms with Gasteiger partial charge in [-0.1, -0.05) is 32.1 Å². The molecule has 1 aromatic heterocycles. The number of amides is 1. The van der Waals surface area contributed by atoms with Crippen LogP contribution in [0.5, 0.6) is 0 Å². The smallest absolute Gasteiger partial charge is 0.374 e. The van der Waals surface area contributed by atoms with E-state index in [9.17, 15) is 9.59 Å². The highest BCUT2D eigenvalue weighted by Crippen LogP contribution is 2.36. The zero-order chi connectivity index (χ0) is 22.3. The topological polar surface area (TPSA) is 89.8 Å². The summed E-state index contributed by atoms with van der Waals surface area (Å²) >= 11 is 0. The molecule has 1 saturated heterocycles. The normalized spacial score (nSPS) is 21.0. The maximum absolute atomic E-state index is 13.0. The van der Waals surface area contributed by atoms with Crippen molar-refractivity contribution in [3.05, 3.63) is 30.0 Å². The standard InChI is InChI=1S/C25H34N2O5.ClH/c1-30-13-5-6-14-31-25(29)22-16-18-15-19(9-10-21(18)32-22)27-24(28)23-20(11-12-26-23)17-7-3-2-4-8-17;/h9-10,15-17,20,23,26H,2-8,11-14H2,1H3,(H,27,28);1H/t20-,23-;/m0./s1. The summed E-state index contributed by atoms with van der Waals surface area (Å²) in [7, 11) is 1.65. The van der Waals surface area contributed by atoms with Crippen LogP contribution < -0.4 is 10.6 Å². The second-order valence-corrected chi connectivity index (χ2v) is 8.97. The van der Waals surface area contributed by atoms with Gasteiger partial charge in [0.25, 0.3) is 0 Å². The monoisotopic (exact) mass is 478 g/mol. The van der Waals surface area contributed by atoms with Gasteiger partial charge in [-0.05, 0) is 61.9 Å². The molecular weight excluding hydrogens is 444 g/mol. The van der Waals surface area contributed by atoms with E-state index in [2.05, 4.69) is 10.6 Å². The van der Waals surface area contributed by atoms with Crippen LogP contribution in [0.1, 0.15) is 61.9 Å². The number of nitrogens with one attached hydrogen (secondary N) is 2. The highest BCUT2D eigenvalue weighted by atomic mass is 35.5. The molecule has 7 nitrogen and oxygen atoms in total. The number of rotatable bonds is 9. The molecule has 2 fully saturated rings. The molecule has 2 atom stereocenters. The first kappa shape index (κ1) is 25.5. The Morgan fingerprint density at radius 2 is 1.88 bits per heavy atom. The summed E-state index contributed by atoms with van der Waals surface area (Å²) in [5.41, 5.74) is 1.30. The molecule has 2 N–H and O–H groups in total. The number of hydrogen-bond acceptors (Lipinski definition) is 6. The number of anilines is 1. The molecule has 2 aromatic rings. The third kappa shape index (κ3) is 6.49. The van der Waals surface area contributed by atoms with Crippen molar-refractivity contribution in [2.24, 2.45) is 11.8 Å². The Balaban J connectivity index is 0.00000306. The van der Waals surface area contributed by atoms with Gasteiger partial charge in [0.2, 0.25) is 11.7 Å². The lowest BCUT2D eigenvalue weighted by atomic mass is 9.76. The number of carbonyl (C=O) groups excluding carboxylic acids is 2. The van der Waals surface area contributed by atoms with Crippen molar-refractivity contribution >= 4 is 40.9 Å². The van der Waals surface area contributed by atoms with Crippen LogP contribution in [0.3, 0.4) is 0 Å². The van der Waals surface area contributed by atoms with Crippen LogP contribution in [0.15, 0.2) is 28.7 Å². The minimum Gasteiger partial charge on any atom is -0.460 e. The van der Waals surface area contributed by atoms with Gasteiger partial charge in [0, 0.05) is 24.8 Å². The summed E-state index contributed by atoms with van der Waals surface area (Å²) in [6.07, 6.45) is 9.01. The van der Waals surface area contributed by atoms with Crippen LogP contribution in [-0.2, 0) is 14.3 Å². The average Bonchev–Trinajstić information content (AvgIpc) is 3.46. The molecule has 1 aliphatic carbocycles. The summed E-state index contributed by atoms with van der Waals surface area (Å²) in [5.74, 6) is 0.781. The van der Waals surface area contributed by atoms with E-state index < -0.39 is 5.97 Å². The predicted molar refractivity (Wildman–Crippen MR) is 130 cm³/mol. The average molecular weight is 479 g/mol. The molecule has 0 radical (unpaired) electrons. The van der Waals surface area contributed by atoms with Gasteiger partial charge in [-0.3, -0.25) is 4.79 Å².